The molecule has 0 aliphatic heterocycles. The molecule has 1 amide bonds. The summed E-state index contributed by atoms with van der Waals surface area (Å²) in [6, 6.07) is 12.6. The molecule has 0 fully saturated rings. The van der Waals surface area contributed by atoms with Crippen LogP contribution >= 0.6 is 0 Å². The zero-order chi connectivity index (χ0) is 19.8. The van der Waals surface area contributed by atoms with Crippen molar-refractivity contribution in [2.75, 3.05) is 19.5 Å². The van der Waals surface area contributed by atoms with Crippen molar-refractivity contribution in [3.8, 4) is 11.5 Å². The van der Waals surface area contributed by atoms with E-state index in [0.717, 1.165) is 17.1 Å². The summed E-state index contributed by atoms with van der Waals surface area (Å²) in [7, 11) is 3.21. The second-order valence-electron chi connectivity index (χ2n) is 6.26. The molecule has 1 atom stereocenters. The first kappa shape index (κ1) is 20.3. The molecule has 2 aromatic carbocycles. The molecule has 2 rings (SSSR count). The predicted octanol–water partition coefficient (Wildman–Crippen LogP) is 3.85. The van der Waals surface area contributed by atoms with Crippen LogP contribution in [0.2, 0.25) is 0 Å². The van der Waals surface area contributed by atoms with Crippen LogP contribution < -0.4 is 14.8 Å². The van der Waals surface area contributed by atoms with E-state index in [9.17, 15) is 9.59 Å². The number of methoxy groups -OCH3 is 2. The number of rotatable bonds is 9. The number of anilines is 1. The lowest BCUT2D eigenvalue weighted by Crippen LogP contribution is -2.13. The van der Waals surface area contributed by atoms with Gasteiger partial charge in [-0.05, 0) is 49.1 Å². The van der Waals surface area contributed by atoms with Gasteiger partial charge in [-0.2, -0.15) is 0 Å². The van der Waals surface area contributed by atoms with Crippen molar-refractivity contribution in [2.45, 2.75) is 32.1 Å². The first-order valence-electron chi connectivity index (χ1n) is 8.78. The van der Waals surface area contributed by atoms with Gasteiger partial charge in [0.25, 0.3) is 0 Å². The van der Waals surface area contributed by atoms with E-state index in [2.05, 4.69) is 5.32 Å². The summed E-state index contributed by atoms with van der Waals surface area (Å²) >= 11 is 0. The fraction of sp³-hybridized carbons (Fsp3) is 0.333. The maximum absolute atomic E-state index is 12.2. The van der Waals surface area contributed by atoms with Gasteiger partial charge < -0.3 is 19.9 Å². The Kier molecular flexibility index (Phi) is 7.23. The number of benzene rings is 2. The molecule has 0 heterocycles. The number of carbonyl (C=O) groups is 2. The number of ether oxygens (including phenoxy) is 2. The molecule has 0 saturated heterocycles. The molecule has 27 heavy (non-hydrogen) atoms. The summed E-state index contributed by atoms with van der Waals surface area (Å²) in [6.45, 7) is 1.62. The van der Waals surface area contributed by atoms with Crippen LogP contribution in [0.4, 0.5) is 5.69 Å². The lowest BCUT2D eigenvalue weighted by Gasteiger charge is -2.11. The molecule has 2 N–H and O–H groups in total. The van der Waals surface area contributed by atoms with Crippen LogP contribution in [0, 0.1) is 0 Å². The quantitative estimate of drug-likeness (QED) is 0.699. The van der Waals surface area contributed by atoms with Gasteiger partial charge in [-0.3, -0.25) is 9.59 Å². The molecule has 0 saturated carbocycles. The molecule has 2 aromatic rings. The second kappa shape index (κ2) is 9.62. The number of amides is 1. The van der Waals surface area contributed by atoms with Gasteiger partial charge in [0.15, 0.2) is 0 Å². The summed E-state index contributed by atoms with van der Waals surface area (Å²) in [5.41, 5.74) is 2.28. The molecular weight excluding hydrogens is 346 g/mol. The topological polar surface area (TPSA) is 84.9 Å². The van der Waals surface area contributed by atoms with Gasteiger partial charge in [0.05, 0.1) is 20.1 Å². The minimum Gasteiger partial charge on any atom is -0.497 e. The van der Waals surface area contributed by atoms with Crippen molar-refractivity contribution in [1.29, 1.82) is 0 Å². The number of carboxylic acids is 1. The standard InChI is InChI=1S/C21H25NO5/c1-14(21(24)25)16-7-4-8-17(12-16)22-20(23)9-5-6-15-10-11-18(26-2)13-19(15)27-3/h4,7-8,10-14H,5-6,9H2,1-3H3,(H,22,23)(H,24,25). The minimum absolute atomic E-state index is 0.109. The van der Waals surface area contributed by atoms with Crippen LogP contribution in [0.3, 0.4) is 0 Å². The number of carbonyl (C=O) groups excluding carboxylic acids is 1. The van der Waals surface area contributed by atoms with Crippen LogP contribution in [0.25, 0.3) is 0 Å². The zero-order valence-corrected chi connectivity index (χ0v) is 15.8. The maximum atomic E-state index is 12.2. The second-order valence-corrected chi connectivity index (χ2v) is 6.26. The maximum Gasteiger partial charge on any atom is 0.310 e. The number of nitrogens with one attached hydrogen (secondary N) is 1. The predicted molar refractivity (Wildman–Crippen MR) is 104 cm³/mol. The van der Waals surface area contributed by atoms with Crippen molar-refractivity contribution in [1.82, 2.24) is 0 Å². The van der Waals surface area contributed by atoms with Crippen molar-refractivity contribution >= 4 is 17.6 Å². The fourth-order valence-corrected chi connectivity index (χ4v) is 2.75. The lowest BCUT2D eigenvalue weighted by molar-refractivity contribution is -0.138. The van der Waals surface area contributed by atoms with Crippen molar-refractivity contribution in [2.24, 2.45) is 0 Å². The van der Waals surface area contributed by atoms with E-state index in [4.69, 9.17) is 14.6 Å². The van der Waals surface area contributed by atoms with E-state index >= 15 is 0 Å². The van der Waals surface area contributed by atoms with Crippen molar-refractivity contribution < 1.29 is 24.2 Å². The number of carboxylic acid groups (broad SMARTS) is 1. The Bertz CT molecular complexity index is 803. The highest BCUT2D eigenvalue weighted by atomic mass is 16.5. The molecule has 6 nitrogen and oxygen atoms in total. The van der Waals surface area contributed by atoms with Crippen molar-refractivity contribution in [3.05, 3.63) is 53.6 Å². The first-order chi connectivity index (χ1) is 12.9. The Morgan fingerprint density at radius 1 is 1.11 bits per heavy atom. The zero-order valence-electron chi connectivity index (χ0n) is 15.8. The molecule has 1 unspecified atom stereocenters. The van der Waals surface area contributed by atoms with Crippen LogP contribution in [0.15, 0.2) is 42.5 Å². The summed E-state index contributed by atoms with van der Waals surface area (Å²) < 4.78 is 10.5. The van der Waals surface area contributed by atoms with Gasteiger partial charge in [-0.1, -0.05) is 18.2 Å². The fourth-order valence-electron chi connectivity index (χ4n) is 2.75. The Balaban J connectivity index is 1.90. The third-order valence-electron chi connectivity index (χ3n) is 4.39. The SMILES string of the molecule is COc1ccc(CCCC(=O)Nc2cccc(C(C)C(=O)O)c2)c(OC)c1. The highest BCUT2D eigenvalue weighted by molar-refractivity contribution is 5.91. The van der Waals surface area contributed by atoms with Crippen LogP contribution in [-0.4, -0.2) is 31.2 Å². The van der Waals surface area contributed by atoms with Gasteiger partial charge in [-0.15, -0.1) is 0 Å². The molecule has 144 valence electrons. The Morgan fingerprint density at radius 3 is 2.56 bits per heavy atom. The highest BCUT2D eigenvalue weighted by Crippen LogP contribution is 2.26. The average Bonchev–Trinajstić information content (AvgIpc) is 2.67. The van der Waals surface area contributed by atoms with Gasteiger partial charge >= 0.3 is 5.97 Å². The largest absolute Gasteiger partial charge is 0.497 e. The van der Waals surface area contributed by atoms with Gasteiger partial charge in [-0.25, -0.2) is 0 Å². The number of hydrogen-bond donors (Lipinski definition) is 2. The van der Waals surface area contributed by atoms with Crippen LogP contribution in [-0.2, 0) is 16.0 Å². The third kappa shape index (κ3) is 5.74. The van der Waals surface area contributed by atoms with Crippen LogP contribution in [0.5, 0.6) is 11.5 Å². The van der Waals surface area contributed by atoms with E-state index in [0.29, 0.717) is 30.5 Å². The Hall–Kier alpha value is -3.02. The summed E-state index contributed by atoms with van der Waals surface area (Å²) in [5, 5.41) is 11.9. The van der Waals surface area contributed by atoms with E-state index in [1.807, 2.05) is 18.2 Å². The summed E-state index contributed by atoms with van der Waals surface area (Å²) in [5.74, 6) is -0.159. The third-order valence-corrected chi connectivity index (χ3v) is 4.39. The van der Waals surface area contributed by atoms with E-state index in [1.165, 1.54) is 0 Å². The van der Waals surface area contributed by atoms with Gasteiger partial charge in [0.2, 0.25) is 5.91 Å². The van der Waals surface area contributed by atoms with Gasteiger partial charge in [0.1, 0.15) is 11.5 Å². The van der Waals surface area contributed by atoms with E-state index in [1.54, 1.807) is 45.4 Å². The lowest BCUT2D eigenvalue weighted by atomic mass is 10.0. The smallest absolute Gasteiger partial charge is 0.310 e. The summed E-state index contributed by atoms with van der Waals surface area (Å²) in [6.07, 6.45) is 1.73. The Morgan fingerprint density at radius 2 is 1.89 bits per heavy atom. The molecule has 0 radical (unpaired) electrons. The number of aliphatic carboxylic acids is 1. The first-order valence-corrected chi connectivity index (χ1v) is 8.78. The molecular formula is C21H25NO5. The molecule has 0 bridgehead atoms. The summed E-state index contributed by atoms with van der Waals surface area (Å²) in [4.78, 5) is 23.3. The van der Waals surface area contributed by atoms with E-state index in [-0.39, 0.29) is 5.91 Å². The van der Waals surface area contributed by atoms with E-state index < -0.39 is 11.9 Å². The average molecular weight is 371 g/mol. The molecule has 0 aliphatic rings. The highest BCUT2D eigenvalue weighted by Gasteiger charge is 2.14. The molecule has 6 heteroatoms. The Labute approximate surface area is 159 Å². The molecule has 0 aromatic heterocycles. The number of aryl methyl sites for hydroxylation is 1. The van der Waals surface area contributed by atoms with Crippen LogP contribution in [0.1, 0.15) is 36.8 Å². The molecule has 0 aliphatic carbocycles. The number of hydrogen-bond acceptors (Lipinski definition) is 4. The minimum atomic E-state index is -0.896. The normalized spacial score (nSPS) is 11.5. The monoisotopic (exact) mass is 371 g/mol. The van der Waals surface area contributed by atoms with Gasteiger partial charge in [0, 0.05) is 18.2 Å². The van der Waals surface area contributed by atoms with Crippen molar-refractivity contribution in [3.63, 3.8) is 0 Å². The molecule has 0 spiro atoms.